The van der Waals surface area contributed by atoms with Crippen molar-refractivity contribution in [3.8, 4) is 0 Å². The van der Waals surface area contributed by atoms with Gasteiger partial charge in [0.05, 0.1) is 12.4 Å². The number of rotatable bonds is 1. The van der Waals surface area contributed by atoms with Gasteiger partial charge in [-0.2, -0.15) is 0 Å². The summed E-state index contributed by atoms with van der Waals surface area (Å²) in [5, 5.41) is -0.119. The highest BCUT2D eigenvalue weighted by Gasteiger charge is 1.99. The van der Waals surface area contributed by atoms with Crippen LogP contribution >= 0.6 is 0 Å². The van der Waals surface area contributed by atoms with E-state index in [9.17, 15) is 8.76 Å². The molecule has 0 aromatic carbocycles. The van der Waals surface area contributed by atoms with E-state index in [1.165, 1.54) is 12.5 Å². The molecule has 0 radical (unpaired) electrons. The van der Waals surface area contributed by atoms with Crippen LogP contribution in [0.1, 0.15) is 0 Å². The van der Waals surface area contributed by atoms with Crippen LogP contribution in [0.5, 0.6) is 0 Å². The molecule has 66 valence electrons. The molecule has 7 heteroatoms. The minimum absolute atomic E-state index is 0.119. The van der Waals surface area contributed by atoms with Crippen LogP contribution in [-0.2, 0) is 11.1 Å². The van der Waals surface area contributed by atoms with Crippen LogP contribution in [0.15, 0.2) is 23.7 Å². The average molecular weight is 195 g/mol. The highest BCUT2D eigenvalue weighted by Crippen LogP contribution is 2.05. The van der Waals surface area contributed by atoms with Crippen molar-refractivity contribution in [2.45, 2.75) is 5.03 Å². The van der Waals surface area contributed by atoms with Gasteiger partial charge in [0, 0.05) is 0 Å². The Morgan fingerprint density at radius 2 is 2.15 bits per heavy atom. The lowest BCUT2D eigenvalue weighted by Crippen LogP contribution is -1.97. The van der Waals surface area contributed by atoms with E-state index in [1.54, 1.807) is 0 Å². The molecule has 0 spiro atoms. The van der Waals surface area contributed by atoms with E-state index in [0.717, 1.165) is 6.20 Å². The quantitative estimate of drug-likeness (QED) is 0.578. The van der Waals surface area contributed by atoms with Crippen molar-refractivity contribution in [3.63, 3.8) is 0 Å². The Morgan fingerprint density at radius 1 is 1.31 bits per heavy atom. The van der Waals surface area contributed by atoms with Crippen LogP contribution in [0.25, 0.3) is 11.2 Å². The largest absolute Gasteiger partial charge is 0.767 e. The van der Waals surface area contributed by atoms with E-state index in [-0.39, 0.29) is 10.7 Å². The third kappa shape index (κ3) is 1.51. The summed E-state index contributed by atoms with van der Waals surface area (Å²) in [6, 6.07) is 0. The first-order chi connectivity index (χ1) is 6.27. The summed E-state index contributed by atoms with van der Waals surface area (Å²) < 4.78 is 21.0. The first-order valence-corrected chi connectivity index (χ1v) is 4.37. The summed E-state index contributed by atoms with van der Waals surface area (Å²) in [6.45, 7) is 0. The minimum Gasteiger partial charge on any atom is -0.767 e. The van der Waals surface area contributed by atoms with Gasteiger partial charge < -0.3 is 4.55 Å². The number of hydrogen-bond acceptors (Lipinski definition) is 6. The number of fused-ring (bicyclic) bond motifs is 1. The molecule has 2 rings (SSSR count). The van der Waals surface area contributed by atoms with Crippen LogP contribution < -0.4 is 0 Å². The molecule has 13 heavy (non-hydrogen) atoms. The van der Waals surface area contributed by atoms with E-state index < -0.39 is 11.1 Å². The SMILES string of the molecule is O=S([O-])c1cnc2cncnc2n1. The van der Waals surface area contributed by atoms with Crippen molar-refractivity contribution in [2.24, 2.45) is 0 Å². The lowest BCUT2D eigenvalue weighted by molar-refractivity contribution is 0.533. The Hall–Kier alpha value is -1.47. The van der Waals surface area contributed by atoms with E-state index in [1.807, 2.05) is 0 Å². The fourth-order valence-corrected chi connectivity index (χ4v) is 1.13. The van der Waals surface area contributed by atoms with E-state index in [0.29, 0.717) is 5.52 Å². The third-order valence-electron chi connectivity index (χ3n) is 1.37. The van der Waals surface area contributed by atoms with Crippen molar-refractivity contribution < 1.29 is 8.76 Å². The molecule has 0 fully saturated rings. The average Bonchev–Trinajstić information content (AvgIpc) is 2.17. The summed E-state index contributed by atoms with van der Waals surface area (Å²) >= 11 is -2.37. The second kappa shape index (κ2) is 3.11. The molecule has 0 bridgehead atoms. The van der Waals surface area contributed by atoms with Gasteiger partial charge >= 0.3 is 0 Å². The zero-order valence-corrected chi connectivity index (χ0v) is 7.06. The van der Waals surface area contributed by atoms with Crippen LogP contribution in [0.4, 0.5) is 0 Å². The number of hydrogen-bond donors (Lipinski definition) is 0. The molecule has 0 aliphatic heterocycles. The Labute approximate surface area is 75.4 Å². The zero-order valence-electron chi connectivity index (χ0n) is 6.25. The molecule has 1 atom stereocenters. The second-order valence-corrected chi connectivity index (χ2v) is 3.06. The van der Waals surface area contributed by atoms with E-state index in [2.05, 4.69) is 19.9 Å². The summed E-state index contributed by atoms with van der Waals surface area (Å²) in [5.74, 6) is 0. The van der Waals surface area contributed by atoms with Gasteiger partial charge in [0.15, 0.2) is 5.65 Å². The monoisotopic (exact) mass is 195 g/mol. The molecule has 0 N–H and O–H groups in total. The zero-order chi connectivity index (χ0) is 9.26. The maximum atomic E-state index is 10.5. The van der Waals surface area contributed by atoms with Gasteiger partial charge in [-0.15, -0.1) is 0 Å². The fraction of sp³-hybridized carbons (Fsp3) is 0. The van der Waals surface area contributed by atoms with Gasteiger partial charge in [0.1, 0.15) is 16.9 Å². The molecule has 2 aromatic heterocycles. The standard InChI is InChI=1S/C6H4N4O2S/c11-13(12)5-2-8-4-1-7-3-9-6(4)10-5/h1-3H,(H,11,12)/p-1. The van der Waals surface area contributed by atoms with Gasteiger partial charge in [-0.25, -0.2) is 19.9 Å². The van der Waals surface area contributed by atoms with Crippen molar-refractivity contribution >= 4 is 22.2 Å². The van der Waals surface area contributed by atoms with Crippen LogP contribution in [0.2, 0.25) is 0 Å². The molecular formula is C6H3N4O2S-. The Bertz CT molecular complexity index is 475. The maximum absolute atomic E-state index is 10.5. The van der Waals surface area contributed by atoms with Crippen molar-refractivity contribution in [1.29, 1.82) is 0 Å². The lowest BCUT2D eigenvalue weighted by atomic mass is 10.5. The van der Waals surface area contributed by atoms with Crippen LogP contribution in [0, 0.1) is 0 Å². The van der Waals surface area contributed by atoms with Crippen molar-refractivity contribution in [1.82, 2.24) is 19.9 Å². The Balaban J connectivity index is 2.69. The molecule has 1 unspecified atom stereocenters. The van der Waals surface area contributed by atoms with Crippen LogP contribution in [-0.4, -0.2) is 28.7 Å². The summed E-state index contributed by atoms with van der Waals surface area (Å²) in [4.78, 5) is 15.1. The van der Waals surface area contributed by atoms with E-state index >= 15 is 0 Å². The molecule has 0 saturated carbocycles. The maximum Gasteiger partial charge on any atom is 0.182 e. The molecule has 6 nitrogen and oxygen atoms in total. The predicted molar refractivity (Wildman–Crippen MR) is 42.3 cm³/mol. The summed E-state index contributed by atoms with van der Waals surface area (Å²) in [7, 11) is 0. The highest BCUT2D eigenvalue weighted by molar-refractivity contribution is 7.79. The summed E-state index contributed by atoms with van der Waals surface area (Å²) in [6.07, 6.45) is 3.91. The number of nitrogens with zero attached hydrogens (tertiary/aromatic N) is 4. The fourth-order valence-electron chi connectivity index (χ4n) is 0.831. The van der Waals surface area contributed by atoms with Gasteiger partial charge in [-0.3, -0.25) is 4.21 Å². The van der Waals surface area contributed by atoms with E-state index in [4.69, 9.17) is 0 Å². The van der Waals surface area contributed by atoms with Crippen molar-refractivity contribution in [3.05, 3.63) is 18.7 Å². The van der Waals surface area contributed by atoms with Crippen LogP contribution in [0.3, 0.4) is 0 Å². The second-order valence-electron chi connectivity index (χ2n) is 2.17. The topological polar surface area (TPSA) is 91.7 Å². The molecule has 0 saturated heterocycles. The third-order valence-corrected chi connectivity index (χ3v) is 1.91. The first kappa shape index (κ1) is 8.14. The molecular weight excluding hydrogens is 192 g/mol. The molecule has 2 aromatic rings. The molecule has 0 aliphatic rings. The van der Waals surface area contributed by atoms with Gasteiger partial charge in [-0.05, 0) is 11.1 Å². The highest BCUT2D eigenvalue weighted by atomic mass is 32.2. The smallest absolute Gasteiger partial charge is 0.182 e. The Kier molecular flexibility index (Phi) is 1.95. The van der Waals surface area contributed by atoms with Gasteiger partial charge in [-0.1, -0.05) is 0 Å². The molecule has 0 aliphatic carbocycles. The molecule has 0 amide bonds. The predicted octanol–water partition coefficient (Wildman–Crippen LogP) is -0.342. The lowest BCUT2D eigenvalue weighted by Gasteiger charge is -2.02. The minimum atomic E-state index is -2.37. The first-order valence-electron chi connectivity index (χ1n) is 3.29. The van der Waals surface area contributed by atoms with Gasteiger partial charge in [0.25, 0.3) is 0 Å². The van der Waals surface area contributed by atoms with Crippen molar-refractivity contribution in [2.75, 3.05) is 0 Å². The van der Waals surface area contributed by atoms with Gasteiger partial charge in [0.2, 0.25) is 0 Å². The molecule has 2 heterocycles. The number of aromatic nitrogens is 4. The normalized spacial score (nSPS) is 13.0. The Morgan fingerprint density at radius 3 is 2.92 bits per heavy atom. The summed E-state index contributed by atoms with van der Waals surface area (Å²) in [5.41, 5.74) is 0.744.